The first-order valence-corrected chi connectivity index (χ1v) is 7.38. The smallest absolute Gasteiger partial charge is 0.187 e. The predicted molar refractivity (Wildman–Crippen MR) is 90.4 cm³/mol. The molecule has 0 aromatic heterocycles. The number of methoxy groups -OCH3 is 1. The highest BCUT2D eigenvalue weighted by Gasteiger charge is 2.04. The highest BCUT2D eigenvalue weighted by atomic mass is 32.1. The lowest BCUT2D eigenvalue weighted by Crippen LogP contribution is -2.36. The Hall–Kier alpha value is -1.82. The molecule has 0 heterocycles. The van der Waals surface area contributed by atoms with Crippen LogP contribution >= 0.6 is 12.2 Å². The number of hydrogen-bond acceptors (Lipinski definition) is 4. The van der Waals surface area contributed by atoms with Crippen LogP contribution in [0.15, 0.2) is 23.3 Å². The van der Waals surface area contributed by atoms with E-state index in [0.29, 0.717) is 17.5 Å². The van der Waals surface area contributed by atoms with Crippen LogP contribution in [0.5, 0.6) is 11.5 Å². The molecule has 0 unspecified atom stereocenters. The Morgan fingerprint density at radius 3 is 2.76 bits per heavy atom. The Labute approximate surface area is 131 Å². The maximum absolute atomic E-state index is 5.60. The van der Waals surface area contributed by atoms with E-state index in [1.54, 1.807) is 13.3 Å². The molecule has 0 saturated carbocycles. The summed E-state index contributed by atoms with van der Waals surface area (Å²) in [5.41, 5.74) is 3.67. The average Bonchev–Trinajstić information content (AvgIpc) is 2.44. The molecule has 0 spiro atoms. The first kappa shape index (κ1) is 17.2. The first-order valence-electron chi connectivity index (χ1n) is 6.97. The van der Waals surface area contributed by atoms with Crippen molar-refractivity contribution < 1.29 is 9.47 Å². The standard InChI is InChI=1S/C15H23N3O2S/c1-5-8-20-13-7-6-12(9-14(13)19-4)10-16-18-15(21)17-11(2)3/h6-7,9-11H,5,8H2,1-4H3,(H2,17,18,21)/b16-10+. The summed E-state index contributed by atoms with van der Waals surface area (Å²) in [7, 11) is 1.62. The third-order valence-corrected chi connectivity index (χ3v) is 2.66. The number of rotatable bonds is 7. The normalized spacial score (nSPS) is 10.7. The zero-order chi connectivity index (χ0) is 15.7. The first-order chi connectivity index (χ1) is 10.1. The molecule has 0 aliphatic heterocycles. The molecule has 0 fully saturated rings. The van der Waals surface area contributed by atoms with Gasteiger partial charge in [0.15, 0.2) is 16.6 Å². The Balaban J connectivity index is 2.65. The fraction of sp³-hybridized carbons (Fsp3) is 0.467. The zero-order valence-electron chi connectivity index (χ0n) is 13.0. The Morgan fingerprint density at radius 2 is 2.14 bits per heavy atom. The summed E-state index contributed by atoms with van der Waals surface area (Å²) in [6, 6.07) is 5.93. The molecule has 2 N–H and O–H groups in total. The van der Waals surface area contributed by atoms with Crippen LogP contribution < -0.4 is 20.2 Å². The van der Waals surface area contributed by atoms with Crippen molar-refractivity contribution >= 4 is 23.5 Å². The summed E-state index contributed by atoms with van der Waals surface area (Å²) in [6.45, 7) is 6.75. The summed E-state index contributed by atoms with van der Waals surface area (Å²) in [6.07, 6.45) is 2.64. The van der Waals surface area contributed by atoms with Crippen LogP contribution in [0.3, 0.4) is 0 Å². The van der Waals surface area contributed by atoms with E-state index in [2.05, 4.69) is 22.8 Å². The van der Waals surface area contributed by atoms with Crippen LogP contribution in [0.4, 0.5) is 0 Å². The van der Waals surface area contributed by atoms with Crippen molar-refractivity contribution in [3.05, 3.63) is 23.8 Å². The molecule has 21 heavy (non-hydrogen) atoms. The van der Waals surface area contributed by atoms with Crippen molar-refractivity contribution in [2.45, 2.75) is 33.2 Å². The van der Waals surface area contributed by atoms with E-state index in [4.69, 9.17) is 21.7 Å². The summed E-state index contributed by atoms with van der Waals surface area (Å²) in [4.78, 5) is 0. The monoisotopic (exact) mass is 309 g/mol. The van der Waals surface area contributed by atoms with Crippen LogP contribution in [0.1, 0.15) is 32.8 Å². The SMILES string of the molecule is CCCOc1ccc(/C=N/NC(=S)NC(C)C)cc1OC. The fourth-order valence-corrected chi connectivity index (χ4v) is 1.84. The number of nitrogens with one attached hydrogen (secondary N) is 2. The second-order valence-corrected chi connectivity index (χ2v) is 5.17. The van der Waals surface area contributed by atoms with Crippen molar-refractivity contribution in [3.63, 3.8) is 0 Å². The van der Waals surface area contributed by atoms with Gasteiger partial charge >= 0.3 is 0 Å². The molecule has 0 aliphatic carbocycles. The molecule has 5 nitrogen and oxygen atoms in total. The van der Waals surface area contributed by atoms with Crippen molar-refractivity contribution in [1.29, 1.82) is 0 Å². The van der Waals surface area contributed by atoms with Gasteiger partial charge in [-0.2, -0.15) is 5.10 Å². The van der Waals surface area contributed by atoms with Gasteiger partial charge in [0.2, 0.25) is 0 Å². The van der Waals surface area contributed by atoms with Gasteiger partial charge in [-0.15, -0.1) is 0 Å². The number of hydrazone groups is 1. The molecule has 0 radical (unpaired) electrons. The molecule has 6 heteroatoms. The van der Waals surface area contributed by atoms with E-state index < -0.39 is 0 Å². The fourth-order valence-electron chi connectivity index (χ4n) is 1.56. The van der Waals surface area contributed by atoms with Crippen LogP contribution in [0.2, 0.25) is 0 Å². The molecule has 0 aliphatic rings. The Morgan fingerprint density at radius 1 is 1.38 bits per heavy atom. The molecule has 1 aromatic rings. The molecule has 1 aromatic carbocycles. The van der Waals surface area contributed by atoms with E-state index in [1.807, 2.05) is 32.0 Å². The van der Waals surface area contributed by atoms with Gasteiger partial charge in [0.1, 0.15) is 0 Å². The van der Waals surface area contributed by atoms with E-state index in [1.165, 1.54) is 0 Å². The summed E-state index contributed by atoms with van der Waals surface area (Å²) >= 11 is 5.08. The van der Waals surface area contributed by atoms with Crippen molar-refractivity contribution in [3.8, 4) is 11.5 Å². The topological polar surface area (TPSA) is 54.9 Å². The van der Waals surface area contributed by atoms with Crippen LogP contribution in [-0.4, -0.2) is 31.1 Å². The number of nitrogens with zero attached hydrogens (tertiary/aromatic N) is 1. The third-order valence-electron chi connectivity index (χ3n) is 2.45. The van der Waals surface area contributed by atoms with Gasteiger partial charge in [0.25, 0.3) is 0 Å². The van der Waals surface area contributed by atoms with Gasteiger partial charge in [-0.1, -0.05) is 6.92 Å². The van der Waals surface area contributed by atoms with E-state index in [9.17, 15) is 0 Å². The van der Waals surface area contributed by atoms with Crippen molar-refractivity contribution in [2.75, 3.05) is 13.7 Å². The number of benzene rings is 1. The molecule has 116 valence electrons. The lowest BCUT2D eigenvalue weighted by Gasteiger charge is -2.11. The van der Waals surface area contributed by atoms with Gasteiger partial charge in [0, 0.05) is 6.04 Å². The number of thiocarbonyl (C=S) groups is 1. The molecular formula is C15H23N3O2S. The minimum Gasteiger partial charge on any atom is -0.493 e. The molecule has 0 amide bonds. The van der Waals surface area contributed by atoms with Crippen molar-refractivity contribution in [2.24, 2.45) is 5.10 Å². The quantitative estimate of drug-likeness (QED) is 0.461. The number of hydrogen-bond donors (Lipinski definition) is 2. The maximum Gasteiger partial charge on any atom is 0.187 e. The molecule has 1 rings (SSSR count). The van der Waals surface area contributed by atoms with E-state index >= 15 is 0 Å². The lowest BCUT2D eigenvalue weighted by molar-refractivity contribution is 0.294. The van der Waals surface area contributed by atoms with Crippen LogP contribution in [0, 0.1) is 0 Å². The number of ether oxygens (including phenoxy) is 2. The largest absolute Gasteiger partial charge is 0.493 e. The van der Waals surface area contributed by atoms with Crippen LogP contribution in [-0.2, 0) is 0 Å². The minimum absolute atomic E-state index is 0.273. The van der Waals surface area contributed by atoms with Gasteiger partial charge in [-0.05, 0) is 56.2 Å². The van der Waals surface area contributed by atoms with Gasteiger partial charge < -0.3 is 14.8 Å². The highest BCUT2D eigenvalue weighted by molar-refractivity contribution is 7.80. The van der Waals surface area contributed by atoms with E-state index in [0.717, 1.165) is 17.7 Å². The minimum atomic E-state index is 0.273. The summed E-state index contributed by atoms with van der Waals surface area (Å²) < 4.78 is 10.9. The molecule has 0 bridgehead atoms. The second kappa shape index (κ2) is 9.18. The second-order valence-electron chi connectivity index (χ2n) is 4.76. The Bertz CT molecular complexity index is 490. The van der Waals surface area contributed by atoms with Gasteiger partial charge in [-0.3, -0.25) is 5.43 Å². The lowest BCUT2D eigenvalue weighted by atomic mass is 10.2. The van der Waals surface area contributed by atoms with Gasteiger partial charge in [0.05, 0.1) is 19.9 Å². The third kappa shape index (κ3) is 6.44. The maximum atomic E-state index is 5.60. The van der Waals surface area contributed by atoms with Gasteiger partial charge in [-0.25, -0.2) is 0 Å². The van der Waals surface area contributed by atoms with Crippen LogP contribution in [0.25, 0.3) is 0 Å². The van der Waals surface area contributed by atoms with Crippen molar-refractivity contribution in [1.82, 2.24) is 10.7 Å². The molecule has 0 atom stereocenters. The zero-order valence-corrected chi connectivity index (χ0v) is 13.8. The molecule has 0 saturated heterocycles. The Kier molecular flexibility index (Phi) is 7.53. The predicted octanol–water partition coefficient (Wildman–Crippen LogP) is 2.69. The average molecular weight is 309 g/mol. The molecular weight excluding hydrogens is 286 g/mol. The van der Waals surface area contributed by atoms with E-state index in [-0.39, 0.29) is 6.04 Å². The summed E-state index contributed by atoms with van der Waals surface area (Å²) in [5, 5.41) is 7.63. The highest BCUT2D eigenvalue weighted by Crippen LogP contribution is 2.27. The summed E-state index contributed by atoms with van der Waals surface area (Å²) in [5.74, 6) is 1.43.